The van der Waals surface area contributed by atoms with Crippen molar-refractivity contribution in [3.8, 4) is 0 Å². The van der Waals surface area contributed by atoms with Gasteiger partial charge in [-0.3, -0.25) is 9.59 Å². The number of nitrogens with zero attached hydrogens (tertiary/aromatic N) is 1. The Morgan fingerprint density at radius 1 is 0.957 bits per heavy atom. The summed E-state index contributed by atoms with van der Waals surface area (Å²) in [5.74, 6) is -0.835. The number of ether oxygens (including phenoxy) is 1. The van der Waals surface area contributed by atoms with Gasteiger partial charge < -0.3 is 20.3 Å². The Morgan fingerprint density at radius 3 is 2.13 bits per heavy atom. The molecule has 1 atom stereocenters. The lowest BCUT2D eigenvalue weighted by molar-refractivity contribution is -0.137. The van der Waals surface area contributed by atoms with E-state index < -0.39 is 44.7 Å². The Morgan fingerprint density at radius 2 is 1.55 bits per heavy atom. The van der Waals surface area contributed by atoms with E-state index in [1.807, 2.05) is 55.5 Å². The molecule has 1 aliphatic carbocycles. The van der Waals surface area contributed by atoms with Gasteiger partial charge >= 0.3 is 6.09 Å². The fourth-order valence-corrected chi connectivity index (χ4v) is 8.37. The van der Waals surface area contributed by atoms with Crippen LogP contribution in [0.15, 0.2) is 66.2 Å². The molecule has 1 spiro atoms. The van der Waals surface area contributed by atoms with Gasteiger partial charge in [0.2, 0.25) is 21.8 Å². The van der Waals surface area contributed by atoms with Crippen LogP contribution < -0.4 is 15.4 Å². The van der Waals surface area contributed by atoms with Gasteiger partial charge in [-0.25, -0.2) is 17.9 Å². The highest BCUT2D eigenvalue weighted by atomic mass is 32.2. The Labute approximate surface area is 279 Å². The molecule has 10 nitrogen and oxygen atoms in total. The van der Waals surface area contributed by atoms with Crippen LogP contribution in [0.5, 0.6) is 0 Å². The molecule has 3 amide bonds. The highest BCUT2D eigenvalue weighted by molar-refractivity contribution is 7.99. The summed E-state index contributed by atoms with van der Waals surface area (Å²) in [4.78, 5) is 42.5. The molecular formula is C36H50N4O6S. The molecule has 0 bridgehead atoms. The molecule has 2 aromatic rings. The first-order valence-electron chi connectivity index (χ1n) is 16.5. The second-order valence-corrected chi connectivity index (χ2v) is 15.7. The molecule has 0 unspecified atom stereocenters. The molecule has 256 valence electrons. The lowest BCUT2D eigenvalue weighted by Gasteiger charge is -2.34. The standard InChI is InChI=1S/C36H50N4O6S/c1-7-40(25-28-30(27-20-12-9-13-21-27)47(44,45)39-36(28)23-14-15-24-36)31(41)29(22-16-19-26-17-10-8-11-18-26)37-32(42)35(5,6)38-33(43)46-34(2,3)4/h8-13,17-18,20-21,29,39H,7,14-16,19,22-25H2,1-6H3,(H,37,42)(H,38,43)/t29-/m1/s1. The van der Waals surface area contributed by atoms with Crippen LogP contribution in [0.25, 0.3) is 4.91 Å². The van der Waals surface area contributed by atoms with Crippen molar-refractivity contribution in [2.45, 2.75) is 109 Å². The number of hydrogen-bond acceptors (Lipinski definition) is 6. The van der Waals surface area contributed by atoms with Crippen molar-refractivity contribution in [1.82, 2.24) is 20.3 Å². The second kappa shape index (κ2) is 14.6. The predicted molar refractivity (Wildman–Crippen MR) is 184 cm³/mol. The Kier molecular flexibility index (Phi) is 11.2. The first-order valence-corrected chi connectivity index (χ1v) is 18.0. The van der Waals surface area contributed by atoms with Crippen LogP contribution >= 0.6 is 0 Å². The van der Waals surface area contributed by atoms with E-state index in [0.29, 0.717) is 49.8 Å². The van der Waals surface area contributed by atoms with Gasteiger partial charge in [0.1, 0.15) is 17.2 Å². The minimum absolute atomic E-state index is 0.108. The molecule has 0 saturated heterocycles. The summed E-state index contributed by atoms with van der Waals surface area (Å²) in [7, 11) is -3.82. The van der Waals surface area contributed by atoms with Crippen LogP contribution in [0, 0.1) is 0 Å². The molecule has 0 aromatic heterocycles. The van der Waals surface area contributed by atoms with E-state index in [-0.39, 0.29) is 17.4 Å². The number of sulfonamides is 1. The molecule has 1 saturated carbocycles. The average Bonchev–Trinajstić information content (AvgIpc) is 3.54. The first kappa shape index (κ1) is 36.1. The zero-order valence-electron chi connectivity index (χ0n) is 28.5. The van der Waals surface area contributed by atoms with Crippen molar-refractivity contribution in [2.24, 2.45) is 0 Å². The van der Waals surface area contributed by atoms with Gasteiger partial charge in [-0.2, -0.15) is 0 Å². The number of aryl methyl sites for hydroxylation is 1. The number of hydrogen-bond donors (Lipinski definition) is 3. The van der Waals surface area contributed by atoms with Crippen LogP contribution in [0.3, 0.4) is 0 Å². The topological polar surface area (TPSA) is 134 Å². The zero-order chi connectivity index (χ0) is 34.5. The summed E-state index contributed by atoms with van der Waals surface area (Å²) < 4.78 is 35.6. The molecule has 2 aromatic carbocycles. The number of benzene rings is 2. The van der Waals surface area contributed by atoms with E-state index in [9.17, 15) is 22.8 Å². The quantitative estimate of drug-likeness (QED) is 0.282. The molecule has 0 radical (unpaired) electrons. The van der Waals surface area contributed by atoms with E-state index >= 15 is 0 Å². The maximum atomic E-state index is 14.4. The van der Waals surface area contributed by atoms with Gasteiger partial charge in [0, 0.05) is 13.1 Å². The van der Waals surface area contributed by atoms with Crippen LogP contribution in [-0.2, 0) is 30.8 Å². The number of carbonyl (C=O) groups excluding carboxylic acids is 3. The van der Waals surface area contributed by atoms with Crippen molar-refractivity contribution in [3.05, 3.63) is 77.4 Å². The number of amides is 3. The van der Waals surface area contributed by atoms with Crippen LogP contribution in [0.4, 0.5) is 4.79 Å². The highest BCUT2D eigenvalue weighted by Gasteiger charge is 2.51. The summed E-state index contributed by atoms with van der Waals surface area (Å²) in [6.07, 6.45) is 4.02. The molecule has 1 fully saturated rings. The molecular weight excluding hydrogens is 616 g/mol. The van der Waals surface area contributed by atoms with Crippen molar-refractivity contribution < 1.29 is 27.5 Å². The van der Waals surface area contributed by atoms with Gasteiger partial charge in [-0.15, -0.1) is 0 Å². The molecule has 4 rings (SSSR count). The number of alkyl carbamates (subject to hydrolysis) is 1. The summed E-state index contributed by atoms with van der Waals surface area (Å²) >= 11 is 0. The predicted octanol–water partition coefficient (Wildman–Crippen LogP) is 5.30. The van der Waals surface area contributed by atoms with Crippen molar-refractivity contribution in [2.75, 3.05) is 13.1 Å². The van der Waals surface area contributed by atoms with Crippen molar-refractivity contribution in [1.29, 1.82) is 0 Å². The first-order chi connectivity index (χ1) is 22.1. The number of rotatable bonds is 12. The normalized spacial score (nSPS) is 17.7. The molecule has 1 aliphatic heterocycles. The minimum atomic E-state index is -3.82. The van der Waals surface area contributed by atoms with Crippen LogP contribution in [0.1, 0.15) is 91.2 Å². The van der Waals surface area contributed by atoms with E-state index in [0.717, 1.165) is 18.4 Å². The van der Waals surface area contributed by atoms with Gasteiger partial charge in [0.15, 0.2) is 0 Å². The van der Waals surface area contributed by atoms with E-state index in [1.165, 1.54) is 0 Å². The smallest absolute Gasteiger partial charge is 0.408 e. The van der Waals surface area contributed by atoms with E-state index in [2.05, 4.69) is 15.4 Å². The van der Waals surface area contributed by atoms with Gasteiger partial charge in [-0.05, 0) is 90.3 Å². The lowest BCUT2D eigenvalue weighted by atomic mass is 9.86. The third-order valence-corrected chi connectivity index (χ3v) is 10.5. The van der Waals surface area contributed by atoms with E-state index in [4.69, 9.17) is 4.74 Å². The molecule has 47 heavy (non-hydrogen) atoms. The highest BCUT2D eigenvalue weighted by Crippen LogP contribution is 2.46. The molecule has 11 heteroatoms. The monoisotopic (exact) mass is 666 g/mol. The third-order valence-electron chi connectivity index (χ3n) is 8.77. The van der Waals surface area contributed by atoms with Crippen molar-refractivity contribution in [3.63, 3.8) is 0 Å². The molecule has 2 aliphatic rings. The van der Waals surface area contributed by atoms with Crippen LogP contribution in [0.2, 0.25) is 0 Å². The van der Waals surface area contributed by atoms with Gasteiger partial charge in [0.25, 0.3) is 0 Å². The lowest BCUT2D eigenvalue weighted by Crippen LogP contribution is -2.60. The van der Waals surface area contributed by atoms with Gasteiger partial charge in [0.05, 0.1) is 10.4 Å². The Bertz CT molecular complexity index is 1560. The Hall–Kier alpha value is -3.70. The average molecular weight is 667 g/mol. The largest absolute Gasteiger partial charge is 0.444 e. The maximum absolute atomic E-state index is 14.4. The molecule has 3 N–H and O–H groups in total. The SMILES string of the molecule is CCN(CC1=C(c2ccccc2)S(=O)(=O)NC12CCCC2)C(=O)[C@@H](CCCc1ccccc1)NC(=O)C(C)(C)NC(=O)OC(C)(C)C. The summed E-state index contributed by atoms with van der Waals surface area (Å²) in [6, 6.07) is 18.0. The number of nitrogens with one attached hydrogen (secondary N) is 3. The zero-order valence-corrected chi connectivity index (χ0v) is 29.3. The van der Waals surface area contributed by atoms with Crippen LogP contribution in [-0.4, -0.2) is 67.0 Å². The summed E-state index contributed by atoms with van der Waals surface area (Å²) in [5, 5.41) is 5.55. The fraction of sp³-hybridized carbons (Fsp3) is 0.528. The number of carbonyl (C=O) groups is 3. The number of likely N-dealkylation sites (N-methyl/N-ethyl adjacent to an activating group) is 1. The Balaban J connectivity index is 1.63. The third kappa shape index (κ3) is 9.01. The van der Waals surface area contributed by atoms with Gasteiger partial charge in [-0.1, -0.05) is 73.5 Å². The van der Waals surface area contributed by atoms with E-state index in [1.54, 1.807) is 51.7 Å². The molecule has 1 heterocycles. The van der Waals surface area contributed by atoms with Crippen molar-refractivity contribution >= 4 is 32.8 Å². The fourth-order valence-electron chi connectivity index (χ4n) is 6.40. The summed E-state index contributed by atoms with van der Waals surface area (Å²) in [6.45, 7) is 10.6. The maximum Gasteiger partial charge on any atom is 0.408 e. The second-order valence-electron chi connectivity index (χ2n) is 14.1. The minimum Gasteiger partial charge on any atom is -0.444 e. The summed E-state index contributed by atoms with van der Waals surface area (Å²) in [5.41, 5.74) is -0.475.